The molecule has 0 aromatic heterocycles. The quantitative estimate of drug-likeness (QED) is 0.771. The van der Waals surface area contributed by atoms with E-state index in [-0.39, 0.29) is 36.3 Å². The van der Waals surface area contributed by atoms with Gasteiger partial charge in [0.05, 0.1) is 13.7 Å². The zero-order valence-electron chi connectivity index (χ0n) is 19.0. The number of likely N-dealkylation sites (tertiary alicyclic amines) is 1. The number of rotatable bonds is 5. The van der Waals surface area contributed by atoms with E-state index in [9.17, 15) is 14.4 Å². The van der Waals surface area contributed by atoms with E-state index in [0.717, 1.165) is 0 Å². The van der Waals surface area contributed by atoms with E-state index in [4.69, 9.17) is 9.47 Å². The summed E-state index contributed by atoms with van der Waals surface area (Å²) in [6, 6.07) is 6.08. The molecule has 2 aliphatic rings. The average molecular weight is 432 g/mol. The number of methoxy groups -OCH3 is 1. The molecule has 1 spiro atoms. The fraction of sp³-hybridized carbons (Fsp3) is 0.609. The lowest BCUT2D eigenvalue weighted by molar-refractivity contribution is -0.146. The summed E-state index contributed by atoms with van der Waals surface area (Å²) in [6.07, 6.45) is 0.942. The number of ether oxygens (including phenoxy) is 2. The van der Waals surface area contributed by atoms with Gasteiger partial charge < -0.3 is 19.7 Å². The molecule has 1 aromatic carbocycles. The number of benzene rings is 1. The average Bonchev–Trinajstić information content (AvgIpc) is 3.11. The van der Waals surface area contributed by atoms with Gasteiger partial charge in [-0.05, 0) is 38.1 Å². The maximum absolute atomic E-state index is 13.6. The maximum Gasteiger partial charge on any atom is 0.256 e. The van der Waals surface area contributed by atoms with Crippen molar-refractivity contribution < 1.29 is 23.9 Å². The summed E-state index contributed by atoms with van der Waals surface area (Å²) in [5, 5.41) is 2.91. The van der Waals surface area contributed by atoms with Crippen LogP contribution in [0.3, 0.4) is 0 Å². The number of nitrogens with one attached hydrogen (secondary N) is 1. The molecular formula is C23H33N3O5. The van der Waals surface area contributed by atoms with Crippen LogP contribution in [0.4, 0.5) is 0 Å². The molecule has 2 saturated heterocycles. The molecule has 2 aliphatic heterocycles. The predicted molar refractivity (Wildman–Crippen MR) is 116 cm³/mol. The second-order valence-electron chi connectivity index (χ2n) is 8.82. The van der Waals surface area contributed by atoms with Gasteiger partial charge in [0.2, 0.25) is 11.8 Å². The molecule has 170 valence electrons. The molecule has 31 heavy (non-hydrogen) atoms. The minimum atomic E-state index is -0.899. The van der Waals surface area contributed by atoms with Gasteiger partial charge in [0.25, 0.3) is 5.91 Å². The Morgan fingerprint density at radius 1 is 1.10 bits per heavy atom. The first-order valence-corrected chi connectivity index (χ1v) is 10.9. The standard InChI is InChI=1S/C23H33N3O5/c1-15(2)21(28)25-12-10-23(11-13-25)26(19(14-31-23)20(27)24-16(3)4)22(29)17-6-8-18(30-5)9-7-17/h6-9,15-16,19H,10-14H2,1-5H3,(H,24,27). The van der Waals surface area contributed by atoms with Crippen LogP contribution in [0.1, 0.15) is 50.9 Å². The topological polar surface area (TPSA) is 88.2 Å². The molecule has 8 heteroatoms. The number of amides is 3. The fourth-order valence-corrected chi connectivity index (χ4v) is 4.26. The molecular weight excluding hydrogens is 398 g/mol. The third kappa shape index (κ3) is 4.69. The lowest BCUT2D eigenvalue weighted by Crippen LogP contribution is -2.60. The van der Waals surface area contributed by atoms with E-state index in [2.05, 4.69) is 5.32 Å². The zero-order chi connectivity index (χ0) is 22.8. The van der Waals surface area contributed by atoms with E-state index in [1.54, 1.807) is 36.3 Å². The highest BCUT2D eigenvalue weighted by molar-refractivity contribution is 5.98. The van der Waals surface area contributed by atoms with Gasteiger partial charge in [0, 0.05) is 43.5 Å². The first-order valence-electron chi connectivity index (χ1n) is 10.9. The first-order chi connectivity index (χ1) is 14.7. The Bertz CT molecular complexity index is 813. The van der Waals surface area contributed by atoms with Gasteiger partial charge in [-0.2, -0.15) is 0 Å². The molecule has 2 heterocycles. The van der Waals surface area contributed by atoms with Crippen LogP contribution >= 0.6 is 0 Å². The van der Waals surface area contributed by atoms with Crippen LogP contribution in [0.15, 0.2) is 24.3 Å². The molecule has 1 unspecified atom stereocenters. The predicted octanol–water partition coefficient (Wildman–Crippen LogP) is 2.04. The van der Waals surface area contributed by atoms with E-state index in [1.165, 1.54) is 0 Å². The highest BCUT2D eigenvalue weighted by Gasteiger charge is 2.54. The molecule has 1 atom stereocenters. The van der Waals surface area contributed by atoms with Crippen LogP contribution in [0.2, 0.25) is 0 Å². The first kappa shape index (κ1) is 23.1. The van der Waals surface area contributed by atoms with Crippen LogP contribution < -0.4 is 10.1 Å². The summed E-state index contributed by atoms with van der Waals surface area (Å²) in [5.41, 5.74) is -0.433. The van der Waals surface area contributed by atoms with E-state index in [0.29, 0.717) is 37.2 Å². The molecule has 3 amide bonds. The van der Waals surface area contributed by atoms with Gasteiger partial charge in [-0.3, -0.25) is 19.3 Å². The smallest absolute Gasteiger partial charge is 0.256 e. The Morgan fingerprint density at radius 2 is 1.71 bits per heavy atom. The summed E-state index contributed by atoms with van der Waals surface area (Å²) in [6.45, 7) is 8.64. The third-order valence-corrected chi connectivity index (χ3v) is 5.90. The number of nitrogens with zero attached hydrogens (tertiary/aromatic N) is 2. The largest absolute Gasteiger partial charge is 0.497 e. The molecule has 1 N–H and O–H groups in total. The van der Waals surface area contributed by atoms with Gasteiger partial charge in [-0.15, -0.1) is 0 Å². The van der Waals surface area contributed by atoms with Crippen LogP contribution in [0, 0.1) is 5.92 Å². The normalized spacial score (nSPS) is 20.4. The monoisotopic (exact) mass is 431 g/mol. The van der Waals surface area contributed by atoms with Gasteiger partial charge in [-0.25, -0.2) is 0 Å². The summed E-state index contributed by atoms with van der Waals surface area (Å²) in [5.74, 6) is 0.177. The van der Waals surface area contributed by atoms with Crippen molar-refractivity contribution in [3.63, 3.8) is 0 Å². The van der Waals surface area contributed by atoms with Crippen LogP contribution in [-0.2, 0) is 14.3 Å². The van der Waals surface area contributed by atoms with Crippen LogP contribution in [-0.4, -0.2) is 72.1 Å². The number of hydrogen-bond acceptors (Lipinski definition) is 5. The lowest BCUT2D eigenvalue weighted by Gasteiger charge is -2.45. The molecule has 1 aromatic rings. The minimum Gasteiger partial charge on any atom is -0.497 e. The Kier molecular flexibility index (Phi) is 6.89. The highest BCUT2D eigenvalue weighted by atomic mass is 16.5. The minimum absolute atomic E-state index is 0.0486. The van der Waals surface area contributed by atoms with Crippen LogP contribution in [0.5, 0.6) is 5.75 Å². The van der Waals surface area contributed by atoms with Crippen molar-refractivity contribution in [1.29, 1.82) is 0 Å². The van der Waals surface area contributed by atoms with E-state index < -0.39 is 11.8 Å². The summed E-state index contributed by atoms with van der Waals surface area (Å²) in [4.78, 5) is 42.3. The fourth-order valence-electron chi connectivity index (χ4n) is 4.26. The Morgan fingerprint density at radius 3 is 2.23 bits per heavy atom. The molecule has 2 fully saturated rings. The zero-order valence-corrected chi connectivity index (χ0v) is 19.0. The molecule has 0 saturated carbocycles. The Balaban J connectivity index is 1.88. The second kappa shape index (κ2) is 9.26. The molecule has 0 radical (unpaired) electrons. The molecule has 8 nitrogen and oxygen atoms in total. The molecule has 3 rings (SSSR count). The van der Waals surface area contributed by atoms with Crippen molar-refractivity contribution in [3.05, 3.63) is 29.8 Å². The molecule has 0 bridgehead atoms. The SMILES string of the molecule is COc1ccc(C(=O)N2C(C(=O)NC(C)C)COC23CCN(C(=O)C(C)C)CC3)cc1. The van der Waals surface area contributed by atoms with Crippen molar-refractivity contribution in [1.82, 2.24) is 15.1 Å². The van der Waals surface area contributed by atoms with E-state index in [1.807, 2.05) is 32.6 Å². The highest BCUT2D eigenvalue weighted by Crippen LogP contribution is 2.39. The number of carbonyl (C=O) groups excluding carboxylic acids is 3. The van der Waals surface area contributed by atoms with Crippen molar-refractivity contribution in [2.45, 2.75) is 58.3 Å². The molecule has 0 aliphatic carbocycles. The summed E-state index contributed by atoms with van der Waals surface area (Å²) >= 11 is 0. The lowest BCUT2D eigenvalue weighted by atomic mass is 9.95. The number of piperidine rings is 1. The number of carbonyl (C=O) groups is 3. The van der Waals surface area contributed by atoms with Gasteiger partial charge in [0.1, 0.15) is 17.5 Å². The second-order valence-corrected chi connectivity index (χ2v) is 8.82. The van der Waals surface area contributed by atoms with Gasteiger partial charge >= 0.3 is 0 Å². The van der Waals surface area contributed by atoms with Gasteiger partial charge in [-0.1, -0.05) is 13.8 Å². The summed E-state index contributed by atoms with van der Waals surface area (Å²) < 4.78 is 11.4. The van der Waals surface area contributed by atoms with Crippen molar-refractivity contribution in [3.8, 4) is 5.75 Å². The summed E-state index contributed by atoms with van der Waals surface area (Å²) in [7, 11) is 1.57. The van der Waals surface area contributed by atoms with Crippen molar-refractivity contribution >= 4 is 17.7 Å². The van der Waals surface area contributed by atoms with Crippen LogP contribution in [0.25, 0.3) is 0 Å². The maximum atomic E-state index is 13.6. The van der Waals surface area contributed by atoms with Gasteiger partial charge in [0.15, 0.2) is 0 Å². The Hall–Kier alpha value is -2.61. The van der Waals surface area contributed by atoms with Crippen molar-refractivity contribution in [2.75, 3.05) is 26.8 Å². The van der Waals surface area contributed by atoms with Crippen molar-refractivity contribution in [2.24, 2.45) is 5.92 Å². The number of hydrogen-bond donors (Lipinski definition) is 1. The van der Waals surface area contributed by atoms with E-state index >= 15 is 0 Å². The Labute approximate surface area is 183 Å². The third-order valence-electron chi connectivity index (χ3n) is 5.90.